The lowest BCUT2D eigenvalue weighted by Gasteiger charge is -2.10. The fraction of sp³-hybridized carbons (Fsp3) is 0.400. The lowest BCUT2D eigenvalue weighted by Crippen LogP contribution is -2.30. The summed E-state index contributed by atoms with van der Waals surface area (Å²) in [5, 5.41) is 2.91. The van der Waals surface area contributed by atoms with Crippen molar-refractivity contribution < 1.29 is 9.18 Å². The average molecular weight is 247 g/mol. The molecular formula is C15H18FNO. The van der Waals surface area contributed by atoms with Crippen LogP contribution in [-0.2, 0) is 11.2 Å². The summed E-state index contributed by atoms with van der Waals surface area (Å²) in [5.41, 5.74) is 0.717. The minimum absolute atomic E-state index is 0.110. The van der Waals surface area contributed by atoms with Crippen LogP contribution in [0.2, 0.25) is 0 Å². The molecule has 1 aromatic carbocycles. The maximum atomic E-state index is 13.3. The van der Waals surface area contributed by atoms with Gasteiger partial charge in [-0.05, 0) is 37.3 Å². The number of halogens is 1. The summed E-state index contributed by atoms with van der Waals surface area (Å²) < 4.78 is 13.3. The first-order valence-corrected chi connectivity index (χ1v) is 6.43. The first-order valence-electron chi connectivity index (χ1n) is 6.43. The van der Waals surface area contributed by atoms with Crippen molar-refractivity contribution in [1.82, 2.24) is 5.32 Å². The van der Waals surface area contributed by atoms with E-state index in [1.807, 2.05) is 18.2 Å². The quantitative estimate of drug-likeness (QED) is 0.629. The minimum Gasteiger partial charge on any atom is -0.356 e. The fourth-order valence-electron chi connectivity index (χ4n) is 2.17. The normalized spacial score (nSPS) is 14.9. The molecule has 0 heterocycles. The maximum absolute atomic E-state index is 13.3. The van der Waals surface area contributed by atoms with Gasteiger partial charge in [-0.15, -0.1) is 0 Å². The van der Waals surface area contributed by atoms with Crippen molar-refractivity contribution in [1.29, 1.82) is 0 Å². The second kappa shape index (κ2) is 6.34. The molecule has 1 N–H and O–H groups in total. The van der Waals surface area contributed by atoms with Crippen LogP contribution in [0.3, 0.4) is 0 Å². The molecule has 0 fully saturated rings. The highest BCUT2D eigenvalue weighted by Gasteiger charge is 2.18. The predicted molar refractivity (Wildman–Crippen MR) is 69.6 cm³/mol. The number of carbonyl (C=O) groups is 1. The molecule has 0 atom stereocenters. The lowest BCUT2D eigenvalue weighted by molar-refractivity contribution is -0.124. The smallest absolute Gasteiger partial charge is 0.223 e. The second-order valence-electron chi connectivity index (χ2n) is 4.63. The number of nitrogens with one attached hydrogen (secondary N) is 1. The van der Waals surface area contributed by atoms with Crippen molar-refractivity contribution in [2.45, 2.75) is 25.7 Å². The molecule has 0 bridgehead atoms. The Balaban J connectivity index is 1.67. The molecule has 2 rings (SSSR count). The summed E-state index contributed by atoms with van der Waals surface area (Å²) >= 11 is 0. The molecule has 1 aliphatic carbocycles. The Kier molecular flexibility index (Phi) is 4.51. The molecule has 0 saturated carbocycles. The van der Waals surface area contributed by atoms with Crippen LogP contribution in [0.4, 0.5) is 4.39 Å². The molecule has 0 unspecified atom stereocenters. The molecule has 2 nitrogen and oxygen atoms in total. The van der Waals surface area contributed by atoms with Gasteiger partial charge in [-0.2, -0.15) is 0 Å². The Morgan fingerprint density at radius 1 is 1.28 bits per heavy atom. The molecule has 1 aromatic rings. The monoisotopic (exact) mass is 247 g/mol. The van der Waals surface area contributed by atoms with Crippen LogP contribution in [0, 0.1) is 11.7 Å². The second-order valence-corrected chi connectivity index (χ2v) is 4.63. The molecule has 96 valence electrons. The molecule has 0 aromatic heterocycles. The van der Waals surface area contributed by atoms with Gasteiger partial charge in [0.15, 0.2) is 0 Å². The zero-order valence-electron chi connectivity index (χ0n) is 10.4. The van der Waals surface area contributed by atoms with Crippen molar-refractivity contribution in [3.63, 3.8) is 0 Å². The number of benzene rings is 1. The van der Waals surface area contributed by atoms with Crippen LogP contribution in [0.1, 0.15) is 24.8 Å². The third-order valence-corrected chi connectivity index (χ3v) is 3.26. The standard InChI is InChI=1S/C15H18FNO/c16-14-10-4-3-6-12(14)9-5-11-17-15(18)13-7-1-2-8-13/h1-4,6,10,13H,5,7-9,11H2,(H,17,18). The van der Waals surface area contributed by atoms with Crippen molar-refractivity contribution >= 4 is 5.91 Å². The summed E-state index contributed by atoms with van der Waals surface area (Å²) in [6.45, 7) is 0.615. The topological polar surface area (TPSA) is 29.1 Å². The van der Waals surface area contributed by atoms with E-state index in [9.17, 15) is 9.18 Å². The SMILES string of the molecule is O=C(NCCCc1ccccc1F)C1CC=CC1. The summed E-state index contributed by atoms with van der Waals surface area (Å²) in [6, 6.07) is 6.78. The predicted octanol–water partition coefficient (Wildman–Crippen LogP) is 2.84. The van der Waals surface area contributed by atoms with Gasteiger partial charge in [0, 0.05) is 12.5 Å². The van der Waals surface area contributed by atoms with Gasteiger partial charge in [-0.1, -0.05) is 30.4 Å². The Morgan fingerprint density at radius 3 is 2.72 bits per heavy atom. The molecule has 0 saturated heterocycles. The largest absolute Gasteiger partial charge is 0.356 e. The molecule has 3 heteroatoms. The lowest BCUT2D eigenvalue weighted by atomic mass is 10.1. The van der Waals surface area contributed by atoms with Crippen molar-refractivity contribution in [2.24, 2.45) is 5.92 Å². The number of allylic oxidation sites excluding steroid dienone is 2. The number of hydrogen-bond acceptors (Lipinski definition) is 1. The van der Waals surface area contributed by atoms with Gasteiger partial charge < -0.3 is 5.32 Å². The molecule has 0 aliphatic heterocycles. The minimum atomic E-state index is -0.163. The molecule has 1 aliphatic rings. The van der Waals surface area contributed by atoms with E-state index in [-0.39, 0.29) is 17.6 Å². The summed E-state index contributed by atoms with van der Waals surface area (Å²) in [7, 11) is 0. The van der Waals surface area contributed by atoms with E-state index in [0.717, 1.165) is 19.3 Å². The van der Waals surface area contributed by atoms with Crippen molar-refractivity contribution in [3.05, 3.63) is 47.8 Å². The van der Waals surface area contributed by atoms with Gasteiger partial charge in [-0.3, -0.25) is 4.79 Å². The van der Waals surface area contributed by atoms with Crippen LogP contribution in [-0.4, -0.2) is 12.5 Å². The van der Waals surface area contributed by atoms with Crippen LogP contribution in [0.5, 0.6) is 0 Å². The summed E-state index contributed by atoms with van der Waals surface area (Å²) in [6.07, 6.45) is 7.22. The van der Waals surface area contributed by atoms with Gasteiger partial charge in [0.2, 0.25) is 5.91 Å². The fourth-order valence-corrected chi connectivity index (χ4v) is 2.17. The van der Waals surface area contributed by atoms with E-state index < -0.39 is 0 Å². The third kappa shape index (κ3) is 3.42. The van der Waals surface area contributed by atoms with Crippen LogP contribution >= 0.6 is 0 Å². The van der Waals surface area contributed by atoms with Crippen LogP contribution in [0.15, 0.2) is 36.4 Å². The van der Waals surface area contributed by atoms with Crippen molar-refractivity contribution in [2.75, 3.05) is 6.54 Å². The van der Waals surface area contributed by atoms with Gasteiger partial charge >= 0.3 is 0 Å². The Labute approximate surface area is 107 Å². The van der Waals surface area contributed by atoms with Gasteiger partial charge in [0.05, 0.1) is 0 Å². The van der Waals surface area contributed by atoms with E-state index in [0.29, 0.717) is 18.5 Å². The molecule has 1 amide bonds. The van der Waals surface area contributed by atoms with E-state index in [1.54, 1.807) is 12.1 Å². The number of hydrogen-bond donors (Lipinski definition) is 1. The van der Waals surface area contributed by atoms with E-state index in [2.05, 4.69) is 5.32 Å². The molecule has 18 heavy (non-hydrogen) atoms. The summed E-state index contributed by atoms with van der Waals surface area (Å²) in [5.74, 6) is 0.0656. The zero-order valence-corrected chi connectivity index (χ0v) is 10.4. The Bertz CT molecular complexity index is 434. The van der Waals surface area contributed by atoms with E-state index in [1.165, 1.54) is 6.07 Å². The zero-order chi connectivity index (χ0) is 12.8. The van der Waals surface area contributed by atoms with Gasteiger partial charge in [0.1, 0.15) is 5.82 Å². The number of aryl methyl sites for hydroxylation is 1. The molecular weight excluding hydrogens is 229 g/mol. The Morgan fingerprint density at radius 2 is 2.00 bits per heavy atom. The number of rotatable bonds is 5. The highest BCUT2D eigenvalue weighted by molar-refractivity contribution is 5.79. The highest BCUT2D eigenvalue weighted by atomic mass is 19.1. The van der Waals surface area contributed by atoms with E-state index >= 15 is 0 Å². The number of carbonyl (C=O) groups excluding carboxylic acids is 1. The molecule has 0 radical (unpaired) electrons. The van der Waals surface area contributed by atoms with Crippen LogP contribution < -0.4 is 5.32 Å². The van der Waals surface area contributed by atoms with E-state index in [4.69, 9.17) is 0 Å². The van der Waals surface area contributed by atoms with Crippen molar-refractivity contribution in [3.8, 4) is 0 Å². The number of amides is 1. The Hall–Kier alpha value is -1.64. The average Bonchev–Trinajstić information content (AvgIpc) is 2.90. The maximum Gasteiger partial charge on any atom is 0.223 e. The summed E-state index contributed by atoms with van der Waals surface area (Å²) in [4.78, 5) is 11.7. The van der Waals surface area contributed by atoms with Gasteiger partial charge in [-0.25, -0.2) is 4.39 Å². The first-order chi connectivity index (χ1) is 8.77. The highest BCUT2D eigenvalue weighted by Crippen LogP contribution is 2.17. The van der Waals surface area contributed by atoms with Gasteiger partial charge in [0.25, 0.3) is 0 Å². The third-order valence-electron chi connectivity index (χ3n) is 3.26. The van der Waals surface area contributed by atoms with Crippen LogP contribution in [0.25, 0.3) is 0 Å². The first kappa shape index (κ1) is 12.8. The molecule has 0 spiro atoms.